The van der Waals surface area contributed by atoms with Crippen molar-refractivity contribution in [1.82, 2.24) is 24.9 Å². The number of guanidine groups is 1. The lowest BCUT2D eigenvalue weighted by Gasteiger charge is -2.39. The third-order valence-corrected chi connectivity index (χ3v) is 4.39. The van der Waals surface area contributed by atoms with Crippen LogP contribution in [0, 0.1) is 0 Å². The highest BCUT2D eigenvalue weighted by molar-refractivity contribution is 14.0. The number of aromatic nitrogens is 2. The summed E-state index contributed by atoms with van der Waals surface area (Å²) in [5.74, 6) is 0.769. The predicted molar refractivity (Wildman–Crippen MR) is 107 cm³/mol. The van der Waals surface area contributed by atoms with Gasteiger partial charge in [0.05, 0.1) is 6.20 Å². The molecule has 1 aliphatic rings. The van der Waals surface area contributed by atoms with Gasteiger partial charge in [0.15, 0.2) is 5.96 Å². The summed E-state index contributed by atoms with van der Waals surface area (Å²) in [6.07, 6.45) is 0.387. The number of hydrogen-bond donors (Lipinski definition) is 1. The number of nitrogens with one attached hydrogen (secondary N) is 1. The zero-order valence-corrected chi connectivity index (χ0v) is 17.8. The number of rotatable bonds is 5. The zero-order valence-electron chi connectivity index (χ0n) is 15.5. The summed E-state index contributed by atoms with van der Waals surface area (Å²) in [7, 11) is 1.87. The van der Waals surface area contributed by atoms with E-state index in [2.05, 4.69) is 15.4 Å². The van der Waals surface area contributed by atoms with Crippen molar-refractivity contribution in [1.29, 1.82) is 0 Å². The Bertz CT molecular complexity index is 567. The van der Waals surface area contributed by atoms with Crippen LogP contribution in [0.1, 0.15) is 19.4 Å². The highest BCUT2D eigenvalue weighted by Gasteiger charge is 2.41. The van der Waals surface area contributed by atoms with Gasteiger partial charge in [-0.2, -0.15) is 18.3 Å². The van der Waals surface area contributed by atoms with Crippen molar-refractivity contribution in [2.24, 2.45) is 12.0 Å². The fourth-order valence-electron chi connectivity index (χ4n) is 2.85. The molecule has 10 heteroatoms. The number of alkyl halides is 3. The summed E-state index contributed by atoms with van der Waals surface area (Å²) in [5, 5.41) is 7.36. The minimum Gasteiger partial charge on any atom is -0.357 e. The van der Waals surface area contributed by atoms with Crippen LogP contribution >= 0.6 is 24.0 Å². The summed E-state index contributed by atoms with van der Waals surface area (Å²) in [4.78, 5) is 8.13. The van der Waals surface area contributed by atoms with Crippen molar-refractivity contribution in [3.63, 3.8) is 0 Å². The number of halogens is 4. The Balaban J connectivity index is 0.00000338. The normalized spacial score (nSPS) is 17.8. The third-order valence-electron chi connectivity index (χ3n) is 4.39. The maximum Gasteiger partial charge on any atom is 0.403 e. The highest BCUT2D eigenvalue weighted by Crippen LogP contribution is 2.25. The molecule has 6 nitrogen and oxygen atoms in total. The lowest BCUT2D eigenvalue weighted by Crippen LogP contribution is -2.56. The van der Waals surface area contributed by atoms with Crippen LogP contribution in [-0.2, 0) is 13.5 Å². The fraction of sp³-hybridized carbons (Fsp3) is 0.750. The molecule has 0 aromatic carbocycles. The first kappa shape index (κ1) is 23.0. The van der Waals surface area contributed by atoms with Crippen molar-refractivity contribution in [2.45, 2.75) is 32.5 Å². The van der Waals surface area contributed by atoms with Crippen molar-refractivity contribution in [2.75, 3.05) is 39.3 Å². The standard InChI is InChI=1S/C16H27F3N6.HI/c1-4-20-15(21-6-5-14-11-22-23(3)12-14)25-9-7-24(8-10-25)13(2)16(17,18)19;/h11-13H,4-10H2,1-3H3,(H,20,21);1H. The van der Waals surface area contributed by atoms with Crippen molar-refractivity contribution >= 4 is 29.9 Å². The fourth-order valence-corrected chi connectivity index (χ4v) is 2.85. The second-order valence-corrected chi connectivity index (χ2v) is 6.25. The van der Waals surface area contributed by atoms with E-state index in [1.807, 2.05) is 31.3 Å². The molecule has 1 N–H and O–H groups in total. The molecule has 0 amide bonds. The van der Waals surface area contributed by atoms with E-state index in [1.165, 1.54) is 11.8 Å². The minimum atomic E-state index is -4.18. The zero-order chi connectivity index (χ0) is 18.4. The van der Waals surface area contributed by atoms with Gasteiger partial charge in [-0.1, -0.05) is 0 Å². The monoisotopic (exact) mass is 488 g/mol. The molecule has 0 spiro atoms. The molecule has 1 fully saturated rings. The molecule has 150 valence electrons. The van der Waals surface area contributed by atoms with Crippen LogP contribution in [0.15, 0.2) is 17.4 Å². The summed E-state index contributed by atoms with van der Waals surface area (Å²) >= 11 is 0. The Hall–Kier alpha value is -1.04. The number of aliphatic imine (C=N–C) groups is 1. The number of hydrogen-bond acceptors (Lipinski definition) is 3. The van der Waals surface area contributed by atoms with Gasteiger partial charge in [-0.3, -0.25) is 14.6 Å². The van der Waals surface area contributed by atoms with Gasteiger partial charge in [0.1, 0.15) is 6.04 Å². The largest absolute Gasteiger partial charge is 0.403 e. The molecule has 0 bridgehead atoms. The summed E-state index contributed by atoms with van der Waals surface area (Å²) in [5.41, 5.74) is 1.12. The smallest absolute Gasteiger partial charge is 0.357 e. The van der Waals surface area contributed by atoms with Gasteiger partial charge in [0.2, 0.25) is 0 Å². The molecule has 1 aliphatic heterocycles. The van der Waals surface area contributed by atoms with Gasteiger partial charge in [0, 0.05) is 52.5 Å². The lowest BCUT2D eigenvalue weighted by molar-refractivity contribution is -0.181. The van der Waals surface area contributed by atoms with Crippen LogP contribution in [0.2, 0.25) is 0 Å². The van der Waals surface area contributed by atoms with Gasteiger partial charge in [0.25, 0.3) is 0 Å². The molecule has 0 aliphatic carbocycles. The van der Waals surface area contributed by atoms with Crippen LogP contribution in [0.3, 0.4) is 0 Å². The van der Waals surface area contributed by atoms with Crippen LogP contribution < -0.4 is 5.32 Å². The highest BCUT2D eigenvalue weighted by atomic mass is 127. The minimum absolute atomic E-state index is 0. The van der Waals surface area contributed by atoms with E-state index < -0.39 is 12.2 Å². The van der Waals surface area contributed by atoms with Gasteiger partial charge in [-0.15, -0.1) is 24.0 Å². The van der Waals surface area contributed by atoms with Crippen LogP contribution in [0.25, 0.3) is 0 Å². The Morgan fingerprint density at radius 3 is 2.46 bits per heavy atom. The quantitative estimate of drug-likeness (QED) is 0.392. The Labute approximate surface area is 169 Å². The maximum atomic E-state index is 12.8. The van der Waals surface area contributed by atoms with E-state index >= 15 is 0 Å². The topological polar surface area (TPSA) is 48.7 Å². The van der Waals surface area contributed by atoms with Crippen LogP contribution in [0.5, 0.6) is 0 Å². The van der Waals surface area contributed by atoms with E-state index in [0.29, 0.717) is 32.7 Å². The molecule has 1 atom stereocenters. The molecule has 2 heterocycles. The molecule has 1 unspecified atom stereocenters. The van der Waals surface area contributed by atoms with Crippen molar-refractivity contribution < 1.29 is 13.2 Å². The van der Waals surface area contributed by atoms with E-state index in [1.54, 1.807) is 4.68 Å². The van der Waals surface area contributed by atoms with E-state index in [9.17, 15) is 13.2 Å². The summed E-state index contributed by atoms with van der Waals surface area (Å²) in [6.45, 7) is 6.40. The molecule has 0 radical (unpaired) electrons. The molecule has 2 rings (SSSR count). The first-order valence-corrected chi connectivity index (χ1v) is 8.62. The van der Waals surface area contributed by atoms with Gasteiger partial charge in [-0.25, -0.2) is 0 Å². The van der Waals surface area contributed by atoms with E-state index in [0.717, 1.165) is 24.5 Å². The first-order valence-electron chi connectivity index (χ1n) is 8.62. The number of piperazine rings is 1. The third kappa shape index (κ3) is 6.60. The van der Waals surface area contributed by atoms with Crippen molar-refractivity contribution in [3.05, 3.63) is 18.0 Å². The second-order valence-electron chi connectivity index (χ2n) is 6.25. The number of aryl methyl sites for hydroxylation is 1. The number of nitrogens with zero attached hydrogens (tertiary/aromatic N) is 5. The van der Waals surface area contributed by atoms with Crippen molar-refractivity contribution in [3.8, 4) is 0 Å². The Morgan fingerprint density at radius 2 is 1.96 bits per heavy atom. The van der Waals surface area contributed by atoms with Gasteiger partial charge < -0.3 is 10.2 Å². The summed E-state index contributed by atoms with van der Waals surface area (Å²) in [6, 6.07) is -1.40. The molecule has 1 aromatic heterocycles. The first-order chi connectivity index (χ1) is 11.8. The molecular formula is C16H28F3IN6. The Morgan fingerprint density at radius 1 is 1.31 bits per heavy atom. The maximum absolute atomic E-state index is 12.8. The van der Waals surface area contributed by atoms with E-state index in [-0.39, 0.29) is 24.0 Å². The van der Waals surface area contributed by atoms with Crippen LogP contribution in [-0.4, -0.2) is 77.0 Å². The molecule has 0 saturated carbocycles. The SMILES string of the molecule is CCNC(=NCCc1cnn(C)c1)N1CCN(C(C)C(F)(F)F)CC1.I. The van der Waals surface area contributed by atoms with Gasteiger partial charge >= 0.3 is 6.18 Å². The summed E-state index contributed by atoms with van der Waals surface area (Å²) < 4.78 is 40.3. The second kappa shape index (κ2) is 10.3. The average Bonchev–Trinajstić information content (AvgIpc) is 2.98. The van der Waals surface area contributed by atoms with Crippen LogP contribution in [0.4, 0.5) is 13.2 Å². The van der Waals surface area contributed by atoms with E-state index in [4.69, 9.17) is 0 Å². The molecular weight excluding hydrogens is 460 g/mol. The molecule has 1 aromatic rings. The predicted octanol–water partition coefficient (Wildman–Crippen LogP) is 2.11. The average molecular weight is 488 g/mol. The van der Waals surface area contributed by atoms with Gasteiger partial charge in [-0.05, 0) is 25.8 Å². The Kier molecular flexibility index (Phi) is 9.14. The molecule has 26 heavy (non-hydrogen) atoms. The molecule has 1 saturated heterocycles. The lowest BCUT2D eigenvalue weighted by atomic mass is 10.2.